The molecule has 1 aromatic heterocycles. The summed E-state index contributed by atoms with van der Waals surface area (Å²) in [5.74, 6) is 0.980. The lowest BCUT2D eigenvalue weighted by atomic mass is 10.3. The van der Waals surface area contributed by atoms with Gasteiger partial charge in [0.25, 0.3) is 0 Å². The Morgan fingerprint density at radius 3 is 2.81 bits per heavy atom. The predicted octanol–water partition coefficient (Wildman–Crippen LogP) is 1.88. The molecular weight excluding hydrogens is 272 g/mol. The third-order valence-electron chi connectivity index (χ3n) is 2.36. The number of nitriles is 1. The predicted molar refractivity (Wildman–Crippen MR) is 64.3 cm³/mol. The van der Waals surface area contributed by atoms with Crippen LogP contribution in [-0.4, -0.2) is 18.1 Å². The van der Waals surface area contributed by atoms with E-state index in [-0.39, 0.29) is 5.69 Å². The number of anilines is 2. The maximum absolute atomic E-state index is 8.94. The number of nitrogens with one attached hydrogen (secondary N) is 1. The van der Waals surface area contributed by atoms with E-state index in [1.165, 1.54) is 7.11 Å². The molecule has 0 spiro atoms. The fraction of sp³-hybridized carbons (Fsp3) is 0.400. The van der Waals surface area contributed by atoms with Gasteiger partial charge in [-0.2, -0.15) is 5.26 Å². The maximum atomic E-state index is 8.94. The molecule has 0 bridgehead atoms. The molecular formula is C10H11BrN4O. The first-order valence-corrected chi connectivity index (χ1v) is 5.66. The number of aromatic nitrogens is 1. The Balaban J connectivity index is 2.47. The number of hydrogen-bond acceptors (Lipinski definition) is 5. The summed E-state index contributed by atoms with van der Waals surface area (Å²) in [5.41, 5.74) is 6.61. The van der Waals surface area contributed by atoms with E-state index in [0.29, 0.717) is 27.8 Å². The van der Waals surface area contributed by atoms with Crippen molar-refractivity contribution in [2.75, 3.05) is 18.2 Å². The van der Waals surface area contributed by atoms with E-state index in [1.807, 2.05) is 6.07 Å². The van der Waals surface area contributed by atoms with Gasteiger partial charge in [0.2, 0.25) is 0 Å². The normalized spacial score (nSPS) is 14.3. The van der Waals surface area contributed by atoms with Gasteiger partial charge in [0.05, 0.1) is 11.6 Å². The van der Waals surface area contributed by atoms with Crippen LogP contribution in [0.5, 0.6) is 5.75 Å². The van der Waals surface area contributed by atoms with Gasteiger partial charge in [0.1, 0.15) is 11.8 Å². The number of rotatable bonds is 3. The van der Waals surface area contributed by atoms with E-state index in [9.17, 15) is 0 Å². The van der Waals surface area contributed by atoms with Crippen molar-refractivity contribution in [3.8, 4) is 11.8 Å². The summed E-state index contributed by atoms with van der Waals surface area (Å²) >= 11 is 3.25. The van der Waals surface area contributed by atoms with E-state index in [1.54, 1.807) is 0 Å². The van der Waals surface area contributed by atoms with Crippen molar-refractivity contribution < 1.29 is 4.74 Å². The number of methoxy groups -OCH3 is 1. The highest BCUT2D eigenvalue weighted by Gasteiger charge is 2.25. The average Bonchev–Trinajstić information content (AvgIpc) is 3.07. The Bertz CT molecular complexity index is 465. The summed E-state index contributed by atoms with van der Waals surface area (Å²) in [6, 6.07) is 2.42. The van der Waals surface area contributed by atoms with E-state index in [2.05, 4.69) is 26.2 Å². The molecule has 0 aromatic carbocycles. The lowest BCUT2D eigenvalue weighted by molar-refractivity contribution is 0.414. The molecule has 1 fully saturated rings. The Hall–Kier alpha value is -1.48. The molecule has 1 heterocycles. The lowest BCUT2D eigenvalue weighted by Crippen LogP contribution is -2.09. The zero-order valence-electron chi connectivity index (χ0n) is 8.75. The highest BCUT2D eigenvalue weighted by molar-refractivity contribution is 9.10. The first-order valence-electron chi connectivity index (χ1n) is 4.87. The molecule has 16 heavy (non-hydrogen) atoms. The number of ether oxygens (including phenoxy) is 1. The van der Waals surface area contributed by atoms with Crippen LogP contribution < -0.4 is 15.8 Å². The van der Waals surface area contributed by atoms with Crippen molar-refractivity contribution in [2.24, 2.45) is 0 Å². The first-order chi connectivity index (χ1) is 7.67. The largest absolute Gasteiger partial charge is 0.493 e. The molecule has 0 amide bonds. The van der Waals surface area contributed by atoms with Crippen molar-refractivity contribution in [1.82, 2.24) is 4.98 Å². The second-order valence-electron chi connectivity index (χ2n) is 3.60. The molecule has 84 valence electrons. The summed E-state index contributed by atoms with van der Waals surface area (Å²) in [5, 5.41) is 12.1. The summed E-state index contributed by atoms with van der Waals surface area (Å²) in [4.78, 5) is 4.15. The number of nitrogens with two attached hydrogens (primary N) is 1. The summed E-state index contributed by atoms with van der Waals surface area (Å²) in [6.45, 7) is 0. The topological polar surface area (TPSA) is 84.0 Å². The van der Waals surface area contributed by atoms with Crippen LogP contribution in [0.3, 0.4) is 0 Å². The summed E-state index contributed by atoms with van der Waals surface area (Å²) < 4.78 is 5.65. The van der Waals surface area contributed by atoms with Crippen LogP contribution >= 0.6 is 15.9 Å². The molecule has 1 aliphatic rings. The highest BCUT2D eigenvalue weighted by Crippen LogP contribution is 2.38. The van der Waals surface area contributed by atoms with Crippen LogP contribution in [0.25, 0.3) is 0 Å². The molecule has 0 aliphatic heterocycles. The standard InChI is InChI=1S/C10H11BrN4O/c1-16-9-7(11)6(4-12)15-10(8(9)13)14-5-2-3-5/h5H,2-3,13H2,1H3,(H,14,15). The molecule has 0 unspecified atom stereocenters. The minimum Gasteiger partial charge on any atom is -0.493 e. The van der Waals surface area contributed by atoms with E-state index in [4.69, 9.17) is 15.7 Å². The maximum Gasteiger partial charge on any atom is 0.162 e. The number of hydrogen-bond donors (Lipinski definition) is 2. The number of halogens is 1. The zero-order valence-corrected chi connectivity index (χ0v) is 10.3. The highest BCUT2D eigenvalue weighted by atomic mass is 79.9. The van der Waals surface area contributed by atoms with Gasteiger partial charge in [-0.3, -0.25) is 0 Å². The molecule has 0 saturated heterocycles. The van der Waals surface area contributed by atoms with E-state index < -0.39 is 0 Å². The van der Waals surface area contributed by atoms with E-state index in [0.717, 1.165) is 12.8 Å². The van der Waals surface area contributed by atoms with Crippen molar-refractivity contribution in [3.63, 3.8) is 0 Å². The molecule has 1 aromatic rings. The smallest absolute Gasteiger partial charge is 0.162 e. The van der Waals surface area contributed by atoms with Gasteiger partial charge in [-0.05, 0) is 28.8 Å². The van der Waals surface area contributed by atoms with Gasteiger partial charge >= 0.3 is 0 Å². The van der Waals surface area contributed by atoms with Crippen LogP contribution in [0.2, 0.25) is 0 Å². The Labute approximate surface area is 102 Å². The summed E-state index contributed by atoms with van der Waals surface area (Å²) in [6.07, 6.45) is 2.22. The molecule has 5 nitrogen and oxygen atoms in total. The van der Waals surface area contributed by atoms with Gasteiger partial charge in [-0.1, -0.05) is 0 Å². The summed E-state index contributed by atoms with van der Waals surface area (Å²) in [7, 11) is 1.51. The lowest BCUT2D eigenvalue weighted by Gasteiger charge is -2.13. The SMILES string of the molecule is COc1c(N)c(NC2CC2)nc(C#N)c1Br. The minimum atomic E-state index is 0.272. The Morgan fingerprint density at radius 1 is 1.62 bits per heavy atom. The molecule has 6 heteroatoms. The minimum absolute atomic E-state index is 0.272. The Kier molecular flexibility index (Phi) is 2.88. The number of nitrogen functional groups attached to an aromatic ring is 1. The van der Waals surface area contributed by atoms with Gasteiger partial charge in [0, 0.05) is 6.04 Å². The molecule has 0 radical (unpaired) electrons. The second kappa shape index (κ2) is 4.18. The molecule has 1 saturated carbocycles. The third kappa shape index (κ3) is 1.91. The van der Waals surface area contributed by atoms with Crippen molar-refractivity contribution in [1.29, 1.82) is 5.26 Å². The van der Waals surface area contributed by atoms with Crippen molar-refractivity contribution >= 4 is 27.4 Å². The molecule has 2 rings (SSSR count). The van der Waals surface area contributed by atoms with Crippen LogP contribution in [-0.2, 0) is 0 Å². The average molecular weight is 283 g/mol. The van der Waals surface area contributed by atoms with Crippen molar-refractivity contribution in [2.45, 2.75) is 18.9 Å². The second-order valence-corrected chi connectivity index (χ2v) is 4.39. The number of nitrogens with zero attached hydrogens (tertiary/aromatic N) is 2. The van der Waals surface area contributed by atoms with Crippen LogP contribution in [0, 0.1) is 11.3 Å². The fourth-order valence-corrected chi connectivity index (χ4v) is 1.91. The monoisotopic (exact) mass is 282 g/mol. The van der Waals surface area contributed by atoms with E-state index >= 15 is 0 Å². The van der Waals surface area contributed by atoms with Gasteiger partial charge in [-0.25, -0.2) is 4.98 Å². The van der Waals surface area contributed by atoms with Gasteiger partial charge in [0.15, 0.2) is 17.3 Å². The third-order valence-corrected chi connectivity index (χ3v) is 3.09. The van der Waals surface area contributed by atoms with Crippen LogP contribution in [0.1, 0.15) is 18.5 Å². The molecule has 0 atom stereocenters. The van der Waals surface area contributed by atoms with Gasteiger partial charge in [-0.15, -0.1) is 0 Å². The Morgan fingerprint density at radius 2 is 2.31 bits per heavy atom. The van der Waals surface area contributed by atoms with Crippen molar-refractivity contribution in [3.05, 3.63) is 10.2 Å². The number of pyridine rings is 1. The zero-order chi connectivity index (χ0) is 11.7. The quantitative estimate of drug-likeness (QED) is 0.884. The first kappa shape index (κ1) is 11.0. The fourth-order valence-electron chi connectivity index (χ4n) is 1.36. The van der Waals surface area contributed by atoms with Crippen LogP contribution in [0.15, 0.2) is 4.47 Å². The van der Waals surface area contributed by atoms with Crippen LogP contribution in [0.4, 0.5) is 11.5 Å². The molecule has 1 aliphatic carbocycles. The molecule has 3 N–H and O–H groups in total. The van der Waals surface area contributed by atoms with Gasteiger partial charge < -0.3 is 15.8 Å².